The molecule has 0 spiro atoms. The summed E-state index contributed by atoms with van der Waals surface area (Å²) in [5, 5.41) is 0. The largest absolute Gasteiger partial charge is 0.449 e. The Balaban J connectivity index is 4.03. The Labute approximate surface area is 107 Å². The lowest BCUT2D eigenvalue weighted by atomic mass is 10.4. The number of unbranched alkanes of at least 4 members (excludes halogenated alkanes) is 1. The number of carbonyl (C=O) groups is 1. The molecule has 9 heteroatoms. The Morgan fingerprint density at radius 2 is 1.89 bits per heavy atom. The third-order valence-corrected chi connectivity index (χ3v) is 2.90. The molecule has 0 heterocycles. The number of ether oxygens (including phenoxy) is 3. The average Bonchev–Trinajstić information content (AvgIpc) is 2.30. The number of carbonyl (C=O) groups excluding carboxylic acids is 1. The van der Waals surface area contributed by atoms with Crippen molar-refractivity contribution in [3.63, 3.8) is 0 Å². The van der Waals surface area contributed by atoms with Gasteiger partial charge in [-0.15, -0.1) is 0 Å². The van der Waals surface area contributed by atoms with Crippen LogP contribution in [0.4, 0.5) is 4.79 Å². The predicted molar refractivity (Wildman–Crippen MR) is 64.1 cm³/mol. The fourth-order valence-corrected chi connectivity index (χ4v) is 1.63. The Kier molecular flexibility index (Phi) is 8.63. The van der Waals surface area contributed by atoms with Gasteiger partial charge in [-0.1, -0.05) is 13.3 Å². The molecule has 0 aromatic heterocycles. The molecule has 0 radical (unpaired) electrons. The molecule has 0 aromatic rings. The number of hydrogen-bond acceptors (Lipinski definition) is 6. The molecule has 0 aromatic carbocycles. The zero-order valence-electron chi connectivity index (χ0n) is 10.8. The van der Waals surface area contributed by atoms with Crippen molar-refractivity contribution in [2.45, 2.75) is 26.1 Å². The van der Waals surface area contributed by atoms with Crippen molar-refractivity contribution in [1.29, 1.82) is 0 Å². The summed E-state index contributed by atoms with van der Waals surface area (Å²) < 4.78 is 40.8. The maximum atomic E-state index is 11.4. The van der Waals surface area contributed by atoms with Crippen LogP contribution in [0.2, 0.25) is 0 Å². The first-order valence-electron chi connectivity index (χ1n) is 5.45. The van der Waals surface area contributed by atoms with Gasteiger partial charge < -0.3 is 14.2 Å². The first kappa shape index (κ1) is 17.1. The van der Waals surface area contributed by atoms with Crippen molar-refractivity contribution < 1.29 is 27.4 Å². The fourth-order valence-electron chi connectivity index (χ4n) is 0.925. The van der Waals surface area contributed by atoms with Crippen molar-refractivity contribution in [3.05, 3.63) is 0 Å². The maximum Gasteiger partial charge on any atom is 0.421 e. The van der Waals surface area contributed by atoms with E-state index >= 15 is 0 Å². The molecule has 0 saturated carbocycles. The van der Waals surface area contributed by atoms with Gasteiger partial charge in [0.15, 0.2) is 6.29 Å². The summed E-state index contributed by atoms with van der Waals surface area (Å²) in [6.45, 7) is 1.98. The minimum atomic E-state index is -3.97. The molecule has 0 aliphatic carbocycles. The van der Waals surface area contributed by atoms with Gasteiger partial charge >= 0.3 is 16.3 Å². The average molecular weight is 284 g/mol. The van der Waals surface area contributed by atoms with Crippen LogP contribution in [0.3, 0.4) is 0 Å². The Bertz CT molecular complexity index is 328. The third-order valence-electron chi connectivity index (χ3n) is 1.91. The molecule has 0 atom stereocenters. The molecule has 18 heavy (non-hydrogen) atoms. The van der Waals surface area contributed by atoms with E-state index in [-0.39, 0.29) is 13.2 Å². The summed E-state index contributed by atoms with van der Waals surface area (Å²) in [7, 11) is -1.23. The number of hydrogen-bond donors (Lipinski definition) is 2. The van der Waals surface area contributed by atoms with Crippen molar-refractivity contribution >= 4 is 16.3 Å². The van der Waals surface area contributed by atoms with Crippen molar-refractivity contribution in [2.75, 3.05) is 27.4 Å². The second-order valence-electron chi connectivity index (χ2n) is 3.34. The van der Waals surface area contributed by atoms with E-state index < -0.39 is 22.6 Å². The molecule has 0 aliphatic heterocycles. The lowest BCUT2D eigenvalue weighted by molar-refractivity contribution is -0.0961. The minimum absolute atomic E-state index is 0.120. The van der Waals surface area contributed by atoms with Crippen LogP contribution >= 0.6 is 0 Å². The summed E-state index contributed by atoms with van der Waals surface area (Å²) in [4.78, 5) is 11.1. The molecule has 1 amide bonds. The first-order chi connectivity index (χ1) is 8.45. The van der Waals surface area contributed by atoms with Crippen LogP contribution in [0.15, 0.2) is 0 Å². The van der Waals surface area contributed by atoms with Gasteiger partial charge in [-0.25, -0.2) is 9.52 Å². The van der Waals surface area contributed by atoms with Crippen LogP contribution in [0.5, 0.6) is 0 Å². The molecule has 0 bridgehead atoms. The van der Waals surface area contributed by atoms with Gasteiger partial charge in [-0.05, 0) is 6.42 Å². The zero-order chi connectivity index (χ0) is 14.0. The summed E-state index contributed by atoms with van der Waals surface area (Å²) >= 11 is 0. The molecular formula is C9H20N2O6S. The van der Waals surface area contributed by atoms with E-state index in [0.29, 0.717) is 6.42 Å². The topological polar surface area (TPSA) is 103 Å². The van der Waals surface area contributed by atoms with Gasteiger partial charge in [0.05, 0.1) is 13.2 Å². The fraction of sp³-hybridized carbons (Fsp3) is 0.889. The molecule has 0 rings (SSSR count). The number of nitrogens with one attached hydrogen (secondary N) is 2. The highest BCUT2D eigenvalue weighted by molar-refractivity contribution is 7.88. The highest BCUT2D eigenvalue weighted by Crippen LogP contribution is 1.91. The summed E-state index contributed by atoms with van der Waals surface area (Å²) in [5.41, 5.74) is 0. The smallest absolute Gasteiger partial charge is 0.421 e. The molecule has 2 N–H and O–H groups in total. The van der Waals surface area contributed by atoms with Gasteiger partial charge in [-0.3, -0.25) is 0 Å². The van der Waals surface area contributed by atoms with Crippen LogP contribution in [0.25, 0.3) is 0 Å². The van der Waals surface area contributed by atoms with Gasteiger partial charge in [0, 0.05) is 14.2 Å². The zero-order valence-corrected chi connectivity index (χ0v) is 11.6. The van der Waals surface area contributed by atoms with Gasteiger partial charge in [0.2, 0.25) is 0 Å². The lowest BCUT2D eigenvalue weighted by Gasteiger charge is -2.14. The van der Waals surface area contributed by atoms with Crippen molar-refractivity contribution in [3.8, 4) is 0 Å². The van der Waals surface area contributed by atoms with Gasteiger partial charge in [0.1, 0.15) is 0 Å². The normalized spacial score (nSPS) is 11.6. The molecule has 0 saturated heterocycles. The molecule has 0 fully saturated rings. The predicted octanol–water partition coefficient (Wildman–Crippen LogP) is -0.0340. The van der Waals surface area contributed by atoms with E-state index in [9.17, 15) is 13.2 Å². The van der Waals surface area contributed by atoms with Gasteiger partial charge in [-0.2, -0.15) is 13.1 Å². The maximum absolute atomic E-state index is 11.4. The second kappa shape index (κ2) is 9.09. The lowest BCUT2D eigenvalue weighted by Crippen LogP contribution is -2.44. The van der Waals surface area contributed by atoms with E-state index in [1.807, 2.05) is 6.92 Å². The summed E-state index contributed by atoms with van der Waals surface area (Å²) in [6.07, 6.45) is -0.210. The SMILES string of the molecule is CCCCOC(=O)NS(=O)(=O)NCC(OC)OC. The monoisotopic (exact) mass is 284 g/mol. The molecule has 0 aliphatic rings. The van der Waals surface area contributed by atoms with Crippen molar-refractivity contribution in [2.24, 2.45) is 0 Å². The number of amides is 1. The molecule has 0 unspecified atom stereocenters. The van der Waals surface area contributed by atoms with Crippen LogP contribution in [-0.2, 0) is 24.4 Å². The first-order valence-corrected chi connectivity index (χ1v) is 6.93. The number of rotatable bonds is 9. The molecule has 108 valence electrons. The Morgan fingerprint density at radius 1 is 1.28 bits per heavy atom. The summed E-state index contributed by atoms with van der Waals surface area (Å²) in [6, 6.07) is 0. The van der Waals surface area contributed by atoms with Crippen LogP contribution in [0, 0.1) is 0 Å². The van der Waals surface area contributed by atoms with E-state index in [1.165, 1.54) is 14.2 Å². The number of methoxy groups -OCH3 is 2. The third kappa shape index (κ3) is 8.23. The minimum Gasteiger partial charge on any atom is -0.449 e. The van der Waals surface area contributed by atoms with E-state index in [4.69, 9.17) is 9.47 Å². The van der Waals surface area contributed by atoms with Crippen LogP contribution < -0.4 is 9.44 Å². The van der Waals surface area contributed by atoms with Gasteiger partial charge in [0.25, 0.3) is 0 Å². The highest BCUT2D eigenvalue weighted by atomic mass is 32.2. The van der Waals surface area contributed by atoms with E-state index in [0.717, 1.165) is 6.42 Å². The van der Waals surface area contributed by atoms with Crippen LogP contribution in [-0.4, -0.2) is 48.2 Å². The highest BCUT2D eigenvalue weighted by Gasteiger charge is 2.17. The van der Waals surface area contributed by atoms with Crippen molar-refractivity contribution in [1.82, 2.24) is 9.44 Å². The Morgan fingerprint density at radius 3 is 2.39 bits per heavy atom. The molecule has 8 nitrogen and oxygen atoms in total. The van der Waals surface area contributed by atoms with E-state index in [1.54, 1.807) is 4.72 Å². The second-order valence-corrected chi connectivity index (χ2v) is 4.84. The Hall–Kier alpha value is -0.900. The standard InChI is InChI=1S/C9H20N2O6S/c1-4-5-6-17-9(12)11-18(13,14)10-7-8(15-2)16-3/h8,10H,4-7H2,1-3H3,(H,11,12). The van der Waals surface area contributed by atoms with E-state index in [2.05, 4.69) is 9.46 Å². The quantitative estimate of drug-likeness (QED) is 0.455. The van der Waals surface area contributed by atoms with Crippen LogP contribution in [0.1, 0.15) is 19.8 Å². The summed E-state index contributed by atoms with van der Waals surface area (Å²) in [5.74, 6) is 0. The molecular weight excluding hydrogens is 264 g/mol.